The molecule has 2 heteroatoms. The van der Waals surface area contributed by atoms with Gasteiger partial charge in [0, 0.05) is 24.7 Å². The Bertz CT molecular complexity index is 540. The van der Waals surface area contributed by atoms with E-state index in [0.717, 1.165) is 12.1 Å². The summed E-state index contributed by atoms with van der Waals surface area (Å²) < 4.78 is 0. The van der Waals surface area contributed by atoms with Crippen LogP contribution in [-0.2, 0) is 17.6 Å². The number of hydrogen-bond donors (Lipinski definition) is 0. The van der Waals surface area contributed by atoms with Gasteiger partial charge < -0.3 is 0 Å². The molecule has 0 aliphatic rings. The molecule has 19 heavy (non-hydrogen) atoms. The lowest BCUT2D eigenvalue weighted by atomic mass is 9.96. The Labute approximate surface area is 114 Å². The lowest BCUT2D eigenvalue weighted by molar-refractivity contribution is -0.118. The number of aromatic nitrogens is 1. The van der Waals surface area contributed by atoms with Gasteiger partial charge in [-0.05, 0) is 49.1 Å². The maximum atomic E-state index is 12.1. The fourth-order valence-electron chi connectivity index (χ4n) is 2.23. The van der Waals surface area contributed by atoms with E-state index in [2.05, 4.69) is 31.0 Å². The van der Waals surface area contributed by atoms with Gasteiger partial charge in [-0.25, -0.2) is 0 Å². The van der Waals surface area contributed by atoms with Gasteiger partial charge in [0.25, 0.3) is 0 Å². The molecule has 0 saturated carbocycles. The molecule has 0 bridgehead atoms. The predicted octanol–water partition coefficient (Wildman–Crippen LogP) is 3.44. The Hall–Kier alpha value is -1.96. The van der Waals surface area contributed by atoms with E-state index in [-0.39, 0.29) is 5.78 Å². The second kappa shape index (κ2) is 6.28. The fourth-order valence-corrected chi connectivity index (χ4v) is 2.23. The molecule has 1 heterocycles. The molecule has 0 atom stereocenters. The van der Waals surface area contributed by atoms with E-state index < -0.39 is 0 Å². The number of hydrogen-bond acceptors (Lipinski definition) is 2. The number of pyridine rings is 1. The Morgan fingerprint density at radius 3 is 2.42 bits per heavy atom. The van der Waals surface area contributed by atoms with Crippen molar-refractivity contribution in [3.05, 3.63) is 65.0 Å². The maximum absolute atomic E-state index is 12.1. The van der Waals surface area contributed by atoms with Crippen molar-refractivity contribution >= 4 is 5.78 Å². The zero-order valence-electron chi connectivity index (χ0n) is 11.5. The highest BCUT2D eigenvalue weighted by molar-refractivity contribution is 5.81. The van der Waals surface area contributed by atoms with Crippen LogP contribution in [0.5, 0.6) is 0 Å². The molecule has 1 aromatic heterocycles. The second-order valence-corrected chi connectivity index (χ2v) is 4.91. The van der Waals surface area contributed by atoms with E-state index in [1.165, 1.54) is 16.7 Å². The van der Waals surface area contributed by atoms with E-state index in [0.29, 0.717) is 12.8 Å². The average Bonchev–Trinajstić information content (AvgIpc) is 2.42. The van der Waals surface area contributed by atoms with Crippen molar-refractivity contribution in [3.63, 3.8) is 0 Å². The van der Waals surface area contributed by atoms with Gasteiger partial charge in [-0.1, -0.05) is 24.3 Å². The first kappa shape index (κ1) is 13.5. The summed E-state index contributed by atoms with van der Waals surface area (Å²) in [6.45, 7) is 4.13. The molecule has 2 rings (SSSR count). The van der Waals surface area contributed by atoms with E-state index in [1.807, 2.05) is 24.3 Å². The maximum Gasteiger partial charge on any atom is 0.137 e. The molecular weight excluding hydrogens is 234 g/mol. The SMILES string of the molecule is Cc1cccc(C)c1CC(=O)CCc1ccccn1. The first-order valence-electron chi connectivity index (χ1n) is 6.63. The van der Waals surface area contributed by atoms with Gasteiger partial charge >= 0.3 is 0 Å². The summed E-state index contributed by atoms with van der Waals surface area (Å²) in [5, 5.41) is 0. The van der Waals surface area contributed by atoms with Crippen LogP contribution < -0.4 is 0 Å². The summed E-state index contributed by atoms with van der Waals surface area (Å²) in [6.07, 6.45) is 3.59. The van der Waals surface area contributed by atoms with Crippen molar-refractivity contribution in [2.24, 2.45) is 0 Å². The highest BCUT2D eigenvalue weighted by atomic mass is 16.1. The highest BCUT2D eigenvalue weighted by Crippen LogP contribution is 2.15. The van der Waals surface area contributed by atoms with Crippen LogP contribution in [0.2, 0.25) is 0 Å². The Morgan fingerprint density at radius 2 is 1.79 bits per heavy atom. The van der Waals surface area contributed by atoms with Crippen LogP contribution >= 0.6 is 0 Å². The molecule has 2 nitrogen and oxygen atoms in total. The van der Waals surface area contributed by atoms with Gasteiger partial charge in [-0.3, -0.25) is 9.78 Å². The molecule has 1 aromatic carbocycles. The normalized spacial score (nSPS) is 10.4. The summed E-state index contributed by atoms with van der Waals surface area (Å²) in [6, 6.07) is 12.0. The lowest BCUT2D eigenvalue weighted by Crippen LogP contribution is -2.07. The summed E-state index contributed by atoms with van der Waals surface area (Å²) in [5.74, 6) is 0.281. The largest absolute Gasteiger partial charge is 0.299 e. The third kappa shape index (κ3) is 3.75. The van der Waals surface area contributed by atoms with Crippen LogP contribution in [0.1, 0.15) is 28.8 Å². The van der Waals surface area contributed by atoms with Crippen LogP contribution in [0.3, 0.4) is 0 Å². The molecule has 2 aromatic rings. The molecule has 0 N–H and O–H groups in total. The molecule has 98 valence electrons. The molecule has 0 aliphatic heterocycles. The zero-order chi connectivity index (χ0) is 13.7. The number of Topliss-reactive ketones (excluding diaryl/α,β-unsaturated/α-hetero) is 1. The number of carbonyl (C=O) groups is 1. The molecule has 0 fully saturated rings. The summed E-state index contributed by atoms with van der Waals surface area (Å²) in [7, 11) is 0. The Kier molecular flexibility index (Phi) is 4.45. The topological polar surface area (TPSA) is 30.0 Å². The number of carbonyl (C=O) groups excluding carboxylic acids is 1. The van der Waals surface area contributed by atoms with Gasteiger partial charge in [0.2, 0.25) is 0 Å². The number of nitrogens with zero attached hydrogens (tertiary/aromatic N) is 1. The third-order valence-corrected chi connectivity index (χ3v) is 3.40. The first-order chi connectivity index (χ1) is 9.16. The number of aryl methyl sites for hydroxylation is 3. The minimum Gasteiger partial charge on any atom is -0.299 e. The zero-order valence-corrected chi connectivity index (χ0v) is 11.5. The summed E-state index contributed by atoms with van der Waals surface area (Å²) >= 11 is 0. The number of ketones is 1. The van der Waals surface area contributed by atoms with E-state index in [9.17, 15) is 4.79 Å². The van der Waals surface area contributed by atoms with Crippen LogP contribution in [-0.4, -0.2) is 10.8 Å². The van der Waals surface area contributed by atoms with E-state index in [4.69, 9.17) is 0 Å². The molecule has 0 aliphatic carbocycles. The molecule has 0 amide bonds. The summed E-state index contributed by atoms with van der Waals surface area (Å²) in [5.41, 5.74) is 4.56. The molecular formula is C17H19NO. The van der Waals surface area contributed by atoms with Crippen molar-refractivity contribution in [1.82, 2.24) is 4.98 Å². The average molecular weight is 253 g/mol. The van der Waals surface area contributed by atoms with Crippen LogP contribution in [0.4, 0.5) is 0 Å². The molecule has 0 unspecified atom stereocenters. The number of rotatable bonds is 5. The smallest absolute Gasteiger partial charge is 0.137 e. The van der Waals surface area contributed by atoms with E-state index >= 15 is 0 Å². The Morgan fingerprint density at radius 1 is 1.05 bits per heavy atom. The second-order valence-electron chi connectivity index (χ2n) is 4.91. The minimum absolute atomic E-state index is 0.281. The van der Waals surface area contributed by atoms with Crippen molar-refractivity contribution in [2.45, 2.75) is 33.1 Å². The van der Waals surface area contributed by atoms with Crippen molar-refractivity contribution in [3.8, 4) is 0 Å². The fraction of sp³-hybridized carbons (Fsp3) is 0.294. The first-order valence-corrected chi connectivity index (χ1v) is 6.63. The minimum atomic E-state index is 0.281. The van der Waals surface area contributed by atoms with E-state index in [1.54, 1.807) is 6.20 Å². The van der Waals surface area contributed by atoms with Crippen LogP contribution in [0.15, 0.2) is 42.6 Å². The molecule has 0 saturated heterocycles. The van der Waals surface area contributed by atoms with Gasteiger partial charge in [0.05, 0.1) is 0 Å². The Balaban J connectivity index is 1.95. The number of benzene rings is 1. The summed E-state index contributed by atoms with van der Waals surface area (Å²) in [4.78, 5) is 16.3. The van der Waals surface area contributed by atoms with Gasteiger partial charge in [-0.15, -0.1) is 0 Å². The third-order valence-electron chi connectivity index (χ3n) is 3.40. The lowest BCUT2D eigenvalue weighted by Gasteiger charge is -2.08. The monoisotopic (exact) mass is 253 g/mol. The standard InChI is InChI=1S/C17H19NO/c1-13-6-5-7-14(2)17(13)12-16(19)10-9-15-8-3-4-11-18-15/h3-8,11H,9-10,12H2,1-2H3. The quantitative estimate of drug-likeness (QED) is 0.817. The van der Waals surface area contributed by atoms with Crippen molar-refractivity contribution in [2.75, 3.05) is 0 Å². The van der Waals surface area contributed by atoms with Gasteiger partial charge in [-0.2, -0.15) is 0 Å². The van der Waals surface area contributed by atoms with Crippen LogP contribution in [0, 0.1) is 13.8 Å². The van der Waals surface area contributed by atoms with Crippen LogP contribution in [0.25, 0.3) is 0 Å². The van der Waals surface area contributed by atoms with Crippen molar-refractivity contribution < 1.29 is 4.79 Å². The highest BCUT2D eigenvalue weighted by Gasteiger charge is 2.09. The molecule has 0 radical (unpaired) electrons. The van der Waals surface area contributed by atoms with Gasteiger partial charge in [0.1, 0.15) is 5.78 Å². The molecule has 0 spiro atoms. The van der Waals surface area contributed by atoms with Crippen molar-refractivity contribution in [1.29, 1.82) is 0 Å². The predicted molar refractivity (Wildman–Crippen MR) is 77.2 cm³/mol. The van der Waals surface area contributed by atoms with Gasteiger partial charge in [0.15, 0.2) is 0 Å².